The van der Waals surface area contributed by atoms with Crippen LogP contribution in [0.2, 0.25) is 4.34 Å². The van der Waals surface area contributed by atoms with E-state index in [-0.39, 0.29) is 0 Å². The summed E-state index contributed by atoms with van der Waals surface area (Å²) in [6.07, 6.45) is 0. The Morgan fingerprint density at radius 2 is 2.05 bits per heavy atom. The quantitative estimate of drug-likeness (QED) is 0.856. The van der Waals surface area contributed by atoms with Gasteiger partial charge in [0.15, 0.2) is 0 Å². The molecule has 2 N–H and O–H groups in total. The Labute approximate surface area is 122 Å². The Morgan fingerprint density at radius 3 is 2.68 bits per heavy atom. The normalized spacial score (nSPS) is 10.9. The molecular formula is C14H17ClN2OS. The van der Waals surface area contributed by atoms with Crippen molar-refractivity contribution in [2.24, 2.45) is 0 Å². The highest BCUT2D eigenvalue weighted by Gasteiger charge is 2.07. The average Bonchev–Trinajstić information content (AvgIpc) is 2.77. The summed E-state index contributed by atoms with van der Waals surface area (Å²) in [5.74, 6) is 0.830. The largest absolute Gasteiger partial charge is 0.497 e. The fraction of sp³-hybridized carbons (Fsp3) is 0.286. The van der Waals surface area contributed by atoms with Gasteiger partial charge in [-0.15, -0.1) is 11.3 Å². The van der Waals surface area contributed by atoms with E-state index in [1.165, 1.54) is 4.88 Å². The van der Waals surface area contributed by atoms with Crippen LogP contribution in [-0.4, -0.2) is 19.1 Å². The summed E-state index contributed by atoms with van der Waals surface area (Å²) in [5.41, 5.74) is 7.85. The zero-order chi connectivity index (χ0) is 13.8. The van der Waals surface area contributed by atoms with Crippen LogP contribution >= 0.6 is 22.9 Å². The minimum Gasteiger partial charge on any atom is -0.497 e. The number of nitrogen functional groups attached to an aromatic ring is 1. The summed E-state index contributed by atoms with van der Waals surface area (Å²) in [6, 6.07) is 9.71. The molecule has 0 unspecified atom stereocenters. The molecule has 0 aliphatic carbocycles. The lowest BCUT2D eigenvalue weighted by Gasteiger charge is -2.17. The predicted octanol–water partition coefficient (Wildman–Crippen LogP) is 3.62. The van der Waals surface area contributed by atoms with Crippen LogP contribution in [0.3, 0.4) is 0 Å². The molecular weight excluding hydrogens is 280 g/mol. The van der Waals surface area contributed by atoms with Gasteiger partial charge in [-0.2, -0.15) is 0 Å². The molecule has 0 radical (unpaired) electrons. The standard InChI is InChI=1S/C14H17ClN2OS/c1-17(9-12-4-6-14(15)19-12)8-10-7-11(18-2)3-5-13(10)16/h3-7H,8-9,16H2,1-2H3. The molecule has 0 aliphatic rings. The third-order valence-electron chi connectivity index (χ3n) is 2.85. The zero-order valence-electron chi connectivity index (χ0n) is 11.0. The summed E-state index contributed by atoms with van der Waals surface area (Å²) in [6.45, 7) is 1.63. The predicted molar refractivity (Wildman–Crippen MR) is 81.9 cm³/mol. The minimum atomic E-state index is 0.776. The van der Waals surface area contributed by atoms with Crippen molar-refractivity contribution in [1.82, 2.24) is 4.90 Å². The van der Waals surface area contributed by atoms with Gasteiger partial charge in [-0.3, -0.25) is 4.90 Å². The first kappa shape index (κ1) is 14.2. The third-order valence-corrected chi connectivity index (χ3v) is 4.06. The maximum Gasteiger partial charge on any atom is 0.119 e. The molecule has 3 nitrogen and oxygen atoms in total. The molecule has 5 heteroatoms. The molecule has 2 aromatic rings. The summed E-state index contributed by atoms with van der Waals surface area (Å²) < 4.78 is 6.05. The average molecular weight is 297 g/mol. The van der Waals surface area contributed by atoms with Crippen molar-refractivity contribution in [3.63, 3.8) is 0 Å². The highest BCUT2D eigenvalue weighted by atomic mass is 35.5. The number of methoxy groups -OCH3 is 1. The highest BCUT2D eigenvalue weighted by molar-refractivity contribution is 7.16. The van der Waals surface area contributed by atoms with E-state index in [1.807, 2.05) is 24.3 Å². The lowest BCUT2D eigenvalue weighted by Crippen LogP contribution is -2.17. The van der Waals surface area contributed by atoms with Crippen LogP contribution in [0.1, 0.15) is 10.4 Å². The molecule has 0 amide bonds. The molecule has 1 aromatic heterocycles. The molecule has 1 aromatic carbocycles. The topological polar surface area (TPSA) is 38.5 Å². The third kappa shape index (κ3) is 3.86. The summed E-state index contributed by atoms with van der Waals surface area (Å²) in [4.78, 5) is 3.45. The Bertz CT molecular complexity index is 556. The molecule has 0 saturated carbocycles. The van der Waals surface area contributed by atoms with Gasteiger partial charge in [-0.1, -0.05) is 11.6 Å². The van der Waals surface area contributed by atoms with Gasteiger partial charge in [0.2, 0.25) is 0 Å². The van der Waals surface area contributed by atoms with Gasteiger partial charge in [0.25, 0.3) is 0 Å². The molecule has 1 heterocycles. The summed E-state index contributed by atoms with van der Waals surface area (Å²) >= 11 is 7.54. The maximum atomic E-state index is 5.99. The van der Waals surface area contributed by atoms with Crippen LogP contribution < -0.4 is 10.5 Å². The van der Waals surface area contributed by atoms with Crippen LogP contribution in [0.4, 0.5) is 5.69 Å². The molecule has 19 heavy (non-hydrogen) atoms. The first-order valence-corrected chi connectivity index (χ1v) is 7.13. The van der Waals surface area contributed by atoms with Gasteiger partial charge in [0.1, 0.15) is 5.75 Å². The van der Waals surface area contributed by atoms with Crippen molar-refractivity contribution in [1.29, 1.82) is 0 Å². The van der Waals surface area contributed by atoms with E-state index in [2.05, 4.69) is 18.0 Å². The Morgan fingerprint density at radius 1 is 1.26 bits per heavy atom. The van der Waals surface area contributed by atoms with Gasteiger partial charge in [0.05, 0.1) is 11.4 Å². The fourth-order valence-electron chi connectivity index (χ4n) is 1.90. The molecule has 0 aliphatic heterocycles. The number of nitrogens with zero attached hydrogens (tertiary/aromatic N) is 1. The Balaban J connectivity index is 2.03. The van der Waals surface area contributed by atoms with Crippen LogP contribution in [0.15, 0.2) is 30.3 Å². The highest BCUT2D eigenvalue weighted by Crippen LogP contribution is 2.24. The van der Waals surface area contributed by atoms with E-state index in [0.717, 1.165) is 34.4 Å². The number of ether oxygens (including phenoxy) is 1. The summed E-state index contributed by atoms with van der Waals surface area (Å²) in [7, 11) is 3.72. The SMILES string of the molecule is COc1ccc(N)c(CN(C)Cc2ccc(Cl)s2)c1. The van der Waals surface area contributed by atoms with Gasteiger partial charge >= 0.3 is 0 Å². The first-order valence-electron chi connectivity index (χ1n) is 5.93. The second kappa shape index (κ2) is 6.28. The van der Waals surface area contributed by atoms with E-state index in [9.17, 15) is 0 Å². The second-order valence-corrected chi connectivity index (χ2v) is 6.24. The van der Waals surface area contributed by atoms with E-state index in [0.29, 0.717) is 0 Å². The van der Waals surface area contributed by atoms with Gasteiger partial charge in [0, 0.05) is 23.7 Å². The number of benzene rings is 1. The number of halogens is 1. The molecule has 102 valence electrons. The van der Waals surface area contributed by atoms with E-state index in [1.54, 1.807) is 18.4 Å². The van der Waals surface area contributed by atoms with Crippen LogP contribution in [0.25, 0.3) is 0 Å². The van der Waals surface area contributed by atoms with E-state index >= 15 is 0 Å². The van der Waals surface area contributed by atoms with E-state index in [4.69, 9.17) is 22.1 Å². The maximum absolute atomic E-state index is 5.99. The van der Waals surface area contributed by atoms with Crippen molar-refractivity contribution in [2.75, 3.05) is 19.9 Å². The van der Waals surface area contributed by atoms with Crippen molar-refractivity contribution < 1.29 is 4.74 Å². The molecule has 0 spiro atoms. The molecule has 2 rings (SSSR count). The van der Waals surface area contributed by atoms with Crippen LogP contribution in [0, 0.1) is 0 Å². The van der Waals surface area contributed by atoms with Gasteiger partial charge < -0.3 is 10.5 Å². The number of thiophene rings is 1. The molecule has 0 fully saturated rings. The number of hydrogen-bond acceptors (Lipinski definition) is 4. The number of hydrogen-bond donors (Lipinski definition) is 1. The molecule has 0 bridgehead atoms. The van der Waals surface area contributed by atoms with Gasteiger partial charge in [-0.05, 0) is 42.9 Å². The van der Waals surface area contributed by atoms with Crippen molar-refractivity contribution in [3.8, 4) is 5.75 Å². The van der Waals surface area contributed by atoms with Crippen molar-refractivity contribution in [3.05, 3.63) is 45.1 Å². The number of nitrogens with two attached hydrogens (primary N) is 1. The zero-order valence-corrected chi connectivity index (χ0v) is 12.6. The van der Waals surface area contributed by atoms with E-state index < -0.39 is 0 Å². The number of rotatable bonds is 5. The van der Waals surface area contributed by atoms with Crippen LogP contribution in [-0.2, 0) is 13.1 Å². The fourth-order valence-corrected chi connectivity index (χ4v) is 3.06. The smallest absolute Gasteiger partial charge is 0.119 e. The minimum absolute atomic E-state index is 0.776. The second-order valence-electron chi connectivity index (χ2n) is 4.44. The first-order chi connectivity index (χ1) is 9.08. The lowest BCUT2D eigenvalue weighted by atomic mass is 10.1. The van der Waals surface area contributed by atoms with Gasteiger partial charge in [-0.25, -0.2) is 0 Å². The monoisotopic (exact) mass is 296 g/mol. The molecule has 0 atom stereocenters. The van der Waals surface area contributed by atoms with Crippen molar-refractivity contribution in [2.45, 2.75) is 13.1 Å². The Kier molecular flexibility index (Phi) is 4.69. The molecule has 0 saturated heterocycles. The lowest BCUT2D eigenvalue weighted by molar-refractivity contribution is 0.321. The van der Waals surface area contributed by atoms with Crippen LogP contribution in [0.5, 0.6) is 5.75 Å². The summed E-state index contributed by atoms with van der Waals surface area (Å²) in [5, 5.41) is 0. The Hall–Kier alpha value is -1.23. The van der Waals surface area contributed by atoms with Crippen molar-refractivity contribution >= 4 is 28.6 Å². The number of anilines is 1.